The van der Waals surface area contributed by atoms with Crippen LogP contribution in [0.4, 0.5) is 16.2 Å². The monoisotopic (exact) mass is 474 g/mol. The van der Waals surface area contributed by atoms with E-state index in [0.717, 1.165) is 63.7 Å². The maximum atomic E-state index is 13.2. The Morgan fingerprint density at radius 1 is 0.800 bits per heavy atom. The molecule has 2 aromatic carbocycles. The number of amides is 3. The molecule has 6 heteroatoms. The number of anilines is 2. The summed E-state index contributed by atoms with van der Waals surface area (Å²) in [6.07, 6.45) is 11.1. The van der Waals surface area contributed by atoms with E-state index in [1.165, 1.54) is 24.8 Å². The van der Waals surface area contributed by atoms with Gasteiger partial charge in [-0.15, -0.1) is 0 Å². The van der Waals surface area contributed by atoms with Gasteiger partial charge in [0.05, 0.1) is 5.56 Å². The van der Waals surface area contributed by atoms with Crippen molar-refractivity contribution in [3.05, 3.63) is 59.7 Å². The lowest BCUT2D eigenvalue weighted by atomic mass is 9.89. The molecule has 0 bridgehead atoms. The number of rotatable bonds is 7. The average molecular weight is 475 g/mol. The van der Waals surface area contributed by atoms with E-state index in [0.29, 0.717) is 17.2 Å². The van der Waals surface area contributed by atoms with E-state index in [-0.39, 0.29) is 24.0 Å². The van der Waals surface area contributed by atoms with Gasteiger partial charge < -0.3 is 20.9 Å². The lowest BCUT2D eigenvalue weighted by molar-refractivity contribution is 0.0951. The molecule has 1 saturated heterocycles. The van der Waals surface area contributed by atoms with Gasteiger partial charge in [0.25, 0.3) is 5.91 Å². The Labute approximate surface area is 208 Å². The van der Waals surface area contributed by atoms with E-state index < -0.39 is 0 Å². The van der Waals surface area contributed by atoms with Gasteiger partial charge in [-0.2, -0.15) is 0 Å². The van der Waals surface area contributed by atoms with Gasteiger partial charge in [-0.25, -0.2) is 4.79 Å². The molecule has 3 amide bonds. The topological polar surface area (TPSA) is 73.5 Å². The predicted octanol–water partition coefficient (Wildman–Crippen LogP) is 5.49. The Morgan fingerprint density at radius 3 is 2.23 bits per heavy atom. The summed E-state index contributed by atoms with van der Waals surface area (Å²) in [5.41, 5.74) is 3.70. The maximum Gasteiger partial charge on any atom is 0.319 e. The van der Waals surface area contributed by atoms with Crippen LogP contribution in [-0.4, -0.2) is 37.1 Å². The zero-order valence-corrected chi connectivity index (χ0v) is 20.6. The van der Waals surface area contributed by atoms with Crippen LogP contribution in [0.3, 0.4) is 0 Å². The van der Waals surface area contributed by atoms with Crippen molar-refractivity contribution in [2.24, 2.45) is 5.92 Å². The Balaban J connectivity index is 1.25. The van der Waals surface area contributed by atoms with Crippen molar-refractivity contribution in [2.75, 3.05) is 23.3 Å². The molecule has 2 aliphatic carbocycles. The number of nitrogens with one attached hydrogen (secondary N) is 3. The molecule has 5 rings (SSSR count). The highest BCUT2D eigenvalue weighted by molar-refractivity contribution is 6.02. The molecule has 2 aromatic rings. The molecule has 3 fully saturated rings. The van der Waals surface area contributed by atoms with Crippen LogP contribution < -0.4 is 20.9 Å². The lowest BCUT2D eigenvalue weighted by Crippen LogP contribution is -2.39. The second-order valence-corrected chi connectivity index (χ2v) is 10.5. The molecule has 0 spiro atoms. The standard InChI is InChI=1S/C29H38N4O2/c34-28(30-24-11-12-24)26-20-25(32-29(35)31-23-9-5-2-6-10-23)13-14-27(26)33-17-15-22(16-18-33)19-21-7-3-1-4-8-21/h1,3-4,7-8,13-14,20,22-24H,2,5-6,9-12,15-19H2,(H,30,34)(H2,31,32,35). The zero-order chi connectivity index (χ0) is 24.0. The van der Waals surface area contributed by atoms with E-state index >= 15 is 0 Å². The van der Waals surface area contributed by atoms with Crippen molar-refractivity contribution in [1.82, 2.24) is 10.6 Å². The quantitative estimate of drug-likeness (QED) is 0.497. The first-order chi connectivity index (χ1) is 17.1. The third-order valence-corrected chi connectivity index (χ3v) is 7.67. The highest BCUT2D eigenvalue weighted by Crippen LogP contribution is 2.31. The van der Waals surface area contributed by atoms with Crippen molar-refractivity contribution in [1.29, 1.82) is 0 Å². The number of hydrogen-bond acceptors (Lipinski definition) is 3. The Bertz CT molecular complexity index is 1010. The minimum Gasteiger partial charge on any atom is -0.371 e. The Hall–Kier alpha value is -3.02. The first kappa shape index (κ1) is 23.7. The summed E-state index contributed by atoms with van der Waals surface area (Å²) in [4.78, 5) is 28.1. The fourth-order valence-electron chi connectivity index (χ4n) is 5.49. The number of benzene rings is 2. The molecule has 1 heterocycles. The summed E-state index contributed by atoms with van der Waals surface area (Å²) in [5, 5.41) is 9.21. The predicted molar refractivity (Wildman–Crippen MR) is 141 cm³/mol. The van der Waals surface area contributed by atoms with Gasteiger partial charge in [-0.1, -0.05) is 49.6 Å². The summed E-state index contributed by atoms with van der Waals surface area (Å²) >= 11 is 0. The first-order valence-corrected chi connectivity index (χ1v) is 13.5. The number of urea groups is 1. The van der Waals surface area contributed by atoms with Crippen molar-refractivity contribution in [3.8, 4) is 0 Å². The highest BCUT2D eigenvalue weighted by atomic mass is 16.2. The Kier molecular flexibility index (Phi) is 7.55. The van der Waals surface area contributed by atoms with E-state index in [1.54, 1.807) is 0 Å². The number of piperidine rings is 1. The van der Waals surface area contributed by atoms with Crippen LogP contribution >= 0.6 is 0 Å². The molecule has 0 radical (unpaired) electrons. The van der Waals surface area contributed by atoms with Crippen molar-refractivity contribution in [3.63, 3.8) is 0 Å². The summed E-state index contributed by atoms with van der Waals surface area (Å²) in [7, 11) is 0. The second kappa shape index (κ2) is 11.1. The smallest absolute Gasteiger partial charge is 0.319 e. The maximum absolute atomic E-state index is 13.2. The van der Waals surface area contributed by atoms with Crippen LogP contribution in [0.5, 0.6) is 0 Å². The van der Waals surface area contributed by atoms with Crippen LogP contribution in [0.15, 0.2) is 48.5 Å². The average Bonchev–Trinajstić information content (AvgIpc) is 3.70. The fourth-order valence-corrected chi connectivity index (χ4v) is 5.49. The third-order valence-electron chi connectivity index (χ3n) is 7.67. The molecular formula is C29H38N4O2. The molecule has 186 valence electrons. The van der Waals surface area contributed by atoms with E-state index in [2.05, 4.69) is 51.2 Å². The van der Waals surface area contributed by atoms with Crippen LogP contribution in [0, 0.1) is 5.92 Å². The molecule has 6 nitrogen and oxygen atoms in total. The SMILES string of the molecule is O=C(Nc1ccc(N2CCC(Cc3ccccc3)CC2)c(C(=O)NC2CC2)c1)NC1CCCCC1. The summed E-state index contributed by atoms with van der Waals surface area (Å²) in [5.74, 6) is 0.632. The minimum absolute atomic E-state index is 0.0368. The molecule has 35 heavy (non-hydrogen) atoms. The Morgan fingerprint density at radius 2 is 1.51 bits per heavy atom. The number of hydrogen-bond donors (Lipinski definition) is 3. The fraction of sp³-hybridized carbons (Fsp3) is 0.517. The van der Waals surface area contributed by atoms with Gasteiger partial charge in [0.15, 0.2) is 0 Å². The summed E-state index contributed by atoms with van der Waals surface area (Å²) < 4.78 is 0. The van der Waals surface area contributed by atoms with Crippen molar-refractivity contribution < 1.29 is 9.59 Å². The molecule has 0 atom stereocenters. The molecule has 2 saturated carbocycles. The van der Waals surface area contributed by atoms with E-state index in [4.69, 9.17) is 0 Å². The molecule has 3 N–H and O–H groups in total. The molecule has 1 aliphatic heterocycles. The number of carbonyl (C=O) groups excluding carboxylic acids is 2. The van der Waals surface area contributed by atoms with E-state index in [1.807, 2.05) is 18.2 Å². The first-order valence-electron chi connectivity index (χ1n) is 13.5. The second-order valence-electron chi connectivity index (χ2n) is 10.5. The van der Waals surface area contributed by atoms with Crippen LogP contribution in [0.2, 0.25) is 0 Å². The van der Waals surface area contributed by atoms with Crippen molar-refractivity contribution >= 4 is 23.3 Å². The van der Waals surface area contributed by atoms with Crippen LogP contribution in [0.1, 0.15) is 73.7 Å². The van der Waals surface area contributed by atoms with Crippen LogP contribution in [0.25, 0.3) is 0 Å². The third kappa shape index (κ3) is 6.56. The highest BCUT2D eigenvalue weighted by Gasteiger charge is 2.28. The van der Waals surface area contributed by atoms with E-state index in [9.17, 15) is 9.59 Å². The largest absolute Gasteiger partial charge is 0.371 e. The molecular weight excluding hydrogens is 436 g/mol. The normalized spacial score (nSPS) is 19.3. The molecule has 0 unspecified atom stereocenters. The number of nitrogens with zero attached hydrogens (tertiary/aromatic N) is 1. The van der Waals surface area contributed by atoms with Gasteiger partial charge in [0, 0.05) is 36.5 Å². The molecule has 0 aromatic heterocycles. The molecule has 3 aliphatic rings. The van der Waals surface area contributed by atoms with Gasteiger partial charge in [0.1, 0.15) is 0 Å². The van der Waals surface area contributed by atoms with Crippen molar-refractivity contribution in [2.45, 2.75) is 76.3 Å². The van der Waals surface area contributed by atoms with Gasteiger partial charge in [0.2, 0.25) is 0 Å². The lowest BCUT2D eigenvalue weighted by Gasteiger charge is -2.35. The summed E-state index contributed by atoms with van der Waals surface area (Å²) in [6.45, 7) is 1.88. The number of carbonyl (C=O) groups is 2. The van der Waals surface area contributed by atoms with Gasteiger partial charge in [-0.05, 0) is 74.6 Å². The van der Waals surface area contributed by atoms with Gasteiger partial charge >= 0.3 is 6.03 Å². The minimum atomic E-state index is -0.181. The summed E-state index contributed by atoms with van der Waals surface area (Å²) in [6, 6.07) is 16.9. The zero-order valence-electron chi connectivity index (χ0n) is 20.6. The van der Waals surface area contributed by atoms with Crippen LogP contribution in [-0.2, 0) is 6.42 Å². The van der Waals surface area contributed by atoms with Gasteiger partial charge in [-0.3, -0.25) is 4.79 Å².